The molecule has 2 heterocycles. The Morgan fingerprint density at radius 1 is 0.500 bits per heavy atom. The van der Waals surface area contributed by atoms with Gasteiger partial charge in [0.1, 0.15) is 0 Å². The third-order valence-corrected chi connectivity index (χ3v) is 13.2. The van der Waals surface area contributed by atoms with E-state index in [9.17, 15) is 20.4 Å². The first kappa shape index (κ1) is 33.4. The summed E-state index contributed by atoms with van der Waals surface area (Å²) in [4.78, 5) is 3.87. The van der Waals surface area contributed by atoms with Crippen LogP contribution in [0.4, 0.5) is 0 Å². The van der Waals surface area contributed by atoms with Crippen LogP contribution in [0.15, 0.2) is 43.8 Å². The summed E-state index contributed by atoms with van der Waals surface area (Å²) >= 11 is 6.53. The summed E-state index contributed by atoms with van der Waals surface area (Å²) < 4.78 is 2.16. The minimum Gasteiger partial charge on any atom is -0.870 e. The molecule has 44 heavy (non-hydrogen) atoms. The third-order valence-electron chi connectivity index (χ3n) is 7.81. The molecule has 8 heteroatoms. The molecule has 0 saturated carbocycles. The Labute approximate surface area is 278 Å². The molecule has 0 aromatic heterocycles. The minimum absolute atomic E-state index is 0.0242. The zero-order valence-electron chi connectivity index (χ0n) is 27.7. The Bertz CT molecular complexity index is 1570. The summed E-state index contributed by atoms with van der Waals surface area (Å²) in [5, 5.41) is 51.3. The summed E-state index contributed by atoms with van der Waals surface area (Å²) in [7, 11) is 0. The molecule has 3 aromatic carbocycles. The molecule has 235 valence electrons. The first-order valence-corrected chi connectivity index (χ1v) is 18.1. The first-order chi connectivity index (χ1) is 20.0. The van der Waals surface area contributed by atoms with Gasteiger partial charge in [0.05, 0.1) is 8.47 Å². The van der Waals surface area contributed by atoms with E-state index in [1.165, 1.54) is 0 Å². The number of hydrogen-bond acceptors (Lipinski definition) is 7. The minimum atomic E-state index is -0.452. The lowest BCUT2D eigenvalue weighted by Crippen LogP contribution is -2.20. The molecule has 0 amide bonds. The second-order valence-corrected chi connectivity index (χ2v) is 20.3. The summed E-state index contributed by atoms with van der Waals surface area (Å²) in [5.41, 5.74) is 1.14. The summed E-state index contributed by atoms with van der Waals surface area (Å²) in [6.45, 7) is 24.4. The van der Waals surface area contributed by atoms with E-state index >= 15 is 0 Å². The van der Waals surface area contributed by atoms with Crippen molar-refractivity contribution in [2.45, 2.75) is 124 Å². The Balaban J connectivity index is 1.65. The number of benzene rings is 3. The van der Waals surface area contributed by atoms with Crippen molar-refractivity contribution in [2.75, 3.05) is 0 Å². The van der Waals surface area contributed by atoms with Crippen molar-refractivity contribution >= 4 is 55.5 Å². The van der Waals surface area contributed by atoms with Gasteiger partial charge >= 0.3 is 0 Å². The molecule has 0 bridgehead atoms. The normalized spacial score (nSPS) is 15.6. The Hall–Kier alpha value is -2.00. The number of rotatable bonds is 0. The van der Waals surface area contributed by atoms with Crippen molar-refractivity contribution in [3.8, 4) is 23.0 Å². The Morgan fingerprint density at radius 3 is 1.07 bits per heavy atom. The van der Waals surface area contributed by atoms with Crippen LogP contribution in [0.2, 0.25) is 0 Å². The van der Waals surface area contributed by atoms with Gasteiger partial charge in [0, 0.05) is 36.3 Å². The standard InChI is InChI=1S/C36H43O4S4/c1-33(2,3)19-23(37)24(38)20(34(4,5)6)28-27(19)41-31(42-28)17-13-15-18(16-14-17)32-43-29-21(35(7,8)9)25(39)26(40)22(30(29)44-32)36(10,11)12/h13-16,37-39H,1-12H3/p-1. The zero-order valence-corrected chi connectivity index (χ0v) is 30.9. The quantitative estimate of drug-likeness (QED) is 0.231. The lowest BCUT2D eigenvalue weighted by molar-refractivity contribution is -0.273. The van der Waals surface area contributed by atoms with Gasteiger partial charge in [-0.3, -0.25) is 5.11 Å². The highest BCUT2D eigenvalue weighted by Gasteiger charge is 2.39. The van der Waals surface area contributed by atoms with Gasteiger partial charge < -0.3 is 15.3 Å². The Morgan fingerprint density at radius 2 is 0.773 bits per heavy atom. The van der Waals surface area contributed by atoms with E-state index in [-0.39, 0.29) is 33.8 Å². The fourth-order valence-electron chi connectivity index (χ4n) is 5.87. The molecule has 0 atom stereocenters. The van der Waals surface area contributed by atoms with E-state index < -0.39 is 10.8 Å². The maximum absolute atomic E-state index is 13.4. The maximum Gasteiger partial charge on any atom is 0.176 e. The highest BCUT2D eigenvalue weighted by atomic mass is 32.2. The number of phenols is 2. The van der Waals surface area contributed by atoms with E-state index in [2.05, 4.69) is 65.8 Å². The number of fused-ring (bicyclic) bond motifs is 2. The predicted octanol–water partition coefficient (Wildman–Crippen LogP) is 9.43. The molecule has 0 aliphatic carbocycles. The van der Waals surface area contributed by atoms with Gasteiger partial charge in [0.15, 0.2) is 17.2 Å². The van der Waals surface area contributed by atoms with Crippen molar-refractivity contribution in [2.24, 2.45) is 0 Å². The largest absolute Gasteiger partial charge is 0.870 e. The number of phenolic OH excluding ortho intramolecular Hbond substituents is 2. The molecule has 0 unspecified atom stereocenters. The number of thioether (sulfide) groups is 4. The van der Waals surface area contributed by atoms with Crippen LogP contribution in [-0.2, 0) is 26.8 Å². The lowest BCUT2D eigenvalue weighted by atomic mass is 9.80. The average molecular weight is 667 g/mol. The molecule has 0 saturated heterocycles. The lowest BCUT2D eigenvalue weighted by Gasteiger charge is -2.32. The molecule has 5 rings (SSSR count). The van der Waals surface area contributed by atoms with Gasteiger partial charge in [-0.15, -0.1) is 0 Å². The van der Waals surface area contributed by atoms with Crippen LogP contribution in [0.3, 0.4) is 0 Å². The summed E-state index contributed by atoms with van der Waals surface area (Å²) in [5.74, 6) is -0.801. The van der Waals surface area contributed by atoms with Crippen LogP contribution in [0.1, 0.15) is 105 Å². The predicted molar refractivity (Wildman–Crippen MR) is 187 cm³/mol. The van der Waals surface area contributed by atoms with Gasteiger partial charge in [-0.1, -0.05) is 160 Å². The molecule has 2 aliphatic rings. The molecular formula is C36H42O4S4-. The van der Waals surface area contributed by atoms with Crippen molar-refractivity contribution < 1.29 is 20.4 Å². The second kappa shape index (κ2) is 10.8. The van der Waals surface area contributed by atoms with Gasteiger partial charge in [-0.25, -0.2) is 0 Å². The van der Waals surface area contributed by atoms with E-state index in [1.807, 2.05) is 41.5 Å². The fraction of sp³-hybridized carbons (Fsp3) is 0.444. The van der Waals surface area contributed by atoms with Crippen LogP contribution < -0.4 is 15.5 Å². The molecule has 4 nitrogen and oxygen atoms in total. The van der Waals surface area contributed by atoms with Gasteiger partial charge in [0.25, 0.3) is 0 Å². The number of aromatic hydroxyl groups is 2. The maximum atomic E-state index is 13.4. The number of hydrogen-bond donors (Lipinski definition) is 2. The topological polar surface area (TPSA) is 83.4 Å². The van der Waals surface area contributed by atoms with Crippen LogP contribution >= 0.6 is 47.0 Å². The van der Waals surface area contributed by atoms with Crippen molar-refractivity contribution in [3.63, 3.8) is 0 Å². The van der Waals surface area contributed by atoms with Crippen LogP contribution in [-0.4, -0.2) is 10.2 Å². The highest BCUT2D eigenvalue weighted by molar-refractivity contribution is 8.32. The third kappa shape index (κ3) is 5.62. The van der Waals surface area contributed by atoms with E-state index in [1.54, 1.807) is 47.0 Å². The molecule has 3 aromatic rings. The van der Waals surface area contributed by atoms with Crippen LogP contribution in [0.5, 0.6) is 23.0 Å². The molecule has 2 N–H and O–H groups in total. The van der Waals surface area contributed by atoms with Gasteiger partial charge in [-0.2, -0.15) is 0 Å². The molecule has 0 spiro atoms. The second-order valence-electron chi connectivity index (χ2n) is 15.7. The van der Waals surface area contributed by atoms with Crippen LogP contribution in [0, 0.1) is 0 Å². The Kier molecular flexibility index (Phi) is 8.18. The van der Waals surface area contributed by atoms with E-state index in [0.29, 0.717) is 11.1 Å². The molecule has 2 aliphatic heterocycles. The molecule has 1 radical (unpaired) electrons. The van der Waals surface area contributed by atoms with E-state index in [0.717, 1.165) is 49.6 Å². The zero-order chi connectivity index (χ0) is 32.9. The SMILES string of the molecule is CC(C)(C)c1c([O])c([O-])c(C(C)(C)C)c2c1SC(=c1ccc(=C3Sc4c(c(C(C)(C)C)c(O)c(O)c4C(C)(C)C)S3)cc1)S2. The first-order valence-electron chi connectivity index (χ1n) is 14.8. The molecular weight excluding hydrogens is 625 g/mol. The smallest absolute Gasteiger partial charge is 0.176 e. The summed E-state index contributed by atoms with van der Waals surface area (Å²) in [6, 6.07) is 8.46. The molecule has 0 fully saturated rings. The highest BCUT2D eigenvalue weighted by Crippen LogP contribution is 2.63. The van der Waals surface area contributed by atoms with Gasteiger partial charge in [-0.05, 0) is 37.7 Å². The van der Waals surface area contributed by atoms with Crippen LogP contribution in [0.25, 0.3) is 8.47 Å². The van der Waals surface area contributed by atoms with E-state index in [4.69, 9.17) is 0 Å². The fourth-order valence-corrected chi connectivity index (χ4v) is 12.3. The average Bonchev–Trinajstić information content (AvgIpc) is 3.46. The summed E-state index contributed by atoms with van der Waals surface area (Å²) in [6.07, 6.45) is 0. The van der Waals surface area contributed by atoms with Crippen molar-refractivity contribution in [3.05, 3.63) is 57.0 Å². The van der Waals surface area contributed by atoms with Crippen molar-refractivity contribution in [1.29, 1.82) is 0 Å². The monoisotopic (exact) mass is 666 g/mol. The van der Waals surface area contributed by atoms with Crippen molar-refractivity contribution in [1.82, 2.24) is 0 Å². The van der Waals surface area contributed by atoms with Gasteiger partial charge in [0.2, 0.25) is 0 Å².